The van der Waals surface area contributed by atoms with Gasteiger partial charge in [0.15, 0.2) is 5.78 Å². The summed E-state index contributed by atoms with van der Waals surface area (Å²) in [7, 11) is 0. The van der Waals surface area contributed by atoms with Crippen molar-refractivity contribution in [3.63, 3.8) is 0 Å². The van der Waals surface area contributed by atoms with Gasteiger partial charge in [0.1, 0.15) is 6.04 Å². The molecule has 1 heterocycles. The van der Waals surface area contributed by atoms with Crippen LogP contribution < -0.4 is 5.32 Å². The van der Waals surface area contributed by atoms with Gasteiger partial charge in [-0.25, -0.2) is 4.79 Å². The number of carbonyl (C=O) groups excluding carboxylic acids is 1. The normalized spacial score (nSPS) is 22.9. The first kappa shape index (κ1) is 11.6. The molecule has 2 N–H and O–H groups in total. The molecule has 0 saturated carbocycles. The summed E-state index contributed by atoms with van der Waals surface area (Å²) in [6, 6.07) is 2.92. The molecule has 4 heteroatoms. The molecule has 1 aromatic rings. The van der Waals surface area contributed by atoms with Gasteiger partial charge >= 0.3 is 5.97 Å². The average molecular weight is 233 g/mol. The fraction of sp³-hybridized carbons (Fsp3) is 0.385. The van der Waals surface area contributed by atoms with E-state index in [1.807, 2.05) is 26.0 Å². The van der Waals surface area contributed by atoms with Crippen molar-refractivity contribution in [3.8, 4) is 0 Å². The van der Waals surface area contributed by atoms with Gasteiger partial charge in [0.2, 0.25) is 0 Å². The standard InChI is InChI=1S/C13H15NO3/c1-6-4-7(2)10-9(5-6)14-11(13(16)17)8(3)12(10)15/h4-5,8,11,14H,1-3H3,(H,16,17)/t8-,11+/m0/s1. The number of Topliss-reactive ketones (excluding diaryl/α,β-unsaturated/α-hetero) is 1. The molecule has 2 atom stereocenters. The summed E-state index contributed by atoms with van der Waals surface area (Å²) in [5, 5.41) is 12.0. The molecule has 17 heavy (non-hydrogen) atoms. The Morgan fingerprint density at radius 3 is 2.59 bits per heavy atom. The quantitative estimate of drug-likeness (QED) is 0.778. The molecular weight excluding hydrogens is 218 g/mol. The van der Waals surface area contributed by atoms with E-state index in [0.717, 1.165) is 11.1 Å². The number of hydrogen-bond donors (Lipinski definition) is 2. The maximum Gasteiger partial charge on any atom is 0.326 e. The highest BCUT2D eigenvalue weighted by molar-refractivity contribution is 6.09. The van der Waals surface area contributed by atoms with Crippen LogP contribution in [0.1, 0.15) is 28.4 Å². The first-order valence-electron chi connectivity index (χ1n) is 5.56. The van der Waals surface area contributed by atoms with Crippen LogP contribution in [0.4, 0.5) is 5.69 Å². The maximum absolute atomic E-state index is 12.2. The van der Waals surface area contributed by atoms with Crippen molar-refractivity contribution in [2.24, 2.45) is 5.92 Å². The van der Waals surface area contributed by atoms with Crippen molar-refractivity contribution in [1.82, 2.24) is 0 Å². The largest absolute Gasteiger partial charge is 0.480 e. The van der Waals surface area contributed by atoms with Gasteiger partial charge in [0, 0.05) is 11.3 Å². The van der Waals surface area contributed by atoms with Crippen molar-refractivity contribution in [2.75, 3.05) is 5.32 Å². The number of ketones is 1. The number of rotatable bonds is 1. The van der Waals surface area contributed by atoms with Gasteiger partial charge in [0.05, 0.1) is 5.92 Å². The highest BCUT2D eigenvalue weighted by Gasteiger charge is 2.37. The zero-order valence-electron chi connectivity index (χ0n) is 10.1. The molecule has 0 saturated heterocycles. The monoisotopic (exact) mass is 233 g/mol. The van der Waals surface area contributed by atoms with Crippen LogP contribution in [0.5, 0.6) is 0 Å². The number of carboxylic acids is 1. The first-order chi connectivity index (χ1) is 7.91. The van der Waals surface area contributed by atoms with E-state index in [1.165, 1.54) is 0 Å². The minimum absolute atomic E-state index is 0.0938. The van der Waals surface area contributed by atoms with Crippen LogP contribution in [0.25, 0.3) is 0 Å². The molecule has 0 amide bonds. The molecule has 90 valence electrons. The molecule has 0 radical (unpaired) electrons. The van der Waals surface area contributed by atoms with E-state index in [0.29, 0.717) is 11.3 Å². The summed E-state index contributed by atoms with van der Waals surface area (Å²) in [6.45, 7) is 5.45. The Morgan fingerprint density at radius 1 is 1.35 bits per heavy atom. The SMILES string of the molecule is Cc1cc(C)c2c(c1)N[C@@H](C(=O)O)[C@H](C)C2=O. The maximum atomic E-state index is 12.2. The zero-order valence-corrected chi connectivity index (χ0v) is 10.1. The van der Waals surface area contributed by atoms with E-state index in [-0.39, 0.29) is 5.78 Å². The molecule has 0 fully saturated rings. The van der Waals surface area contributed by atoms with Gasteiger partial charge in [-0.3, -0.25) is 4.79 Å². The van der Waals surface area contributed by atoms with Crippen LogP contribution in [-0.4, -0.2) is 22.9 Å². The van der Waals surface area contributed by atoms with Gasteiger partial charge < -0.3 is 10.4 Å². The third-order valence-electron chi connectivity index (χ3n) is 3.22. The lowest BCUT2D eigenvalue weighted by atomic mass is 9.84. The smallest absolute Gasteiger partial charge is 0.326 e. The molecular formula is C13H15NO3. The number of carbonyl (C=O) groups is 2. The van der Waals surface area contributed by atoms with Gasteiger partial charge in [-0.05, 0) is 31.0 Å². The van der Waals surface area contributed by atoms with E-state index in [9.17, 15) is 9.59 Å². The molecule has 0 aliphatic carbocycles. The number of carboxylic acid groups (broad SMARTS) is 1. The molecule has 0 bridgehead atoms. The predicted molar refractivity (Wildman–Crippen MR) is 64.5 cm³/mol. The van der Waals surface area contributed by atoms with E-state index in [1.54, 1.807) is 6.92 Å². The van der Waals surface area contributed by atoms with Crippen molar-refractivity contribution in [2.45, 2.75) is 26.8 Å². The van der Waals surface area contributed by atoms with Gasteiger partial charge in [0.25, 0.3) is 0 Å². The van der Waals surface area contributed by atoms with Crippen LogP contribution >= 0.6 is 0 Å². The van der Waals surface area contributed by atoms with Gasteiger partial charge in [-0.15, -0.1) is 0 Å². The second-order valence-corrected chi connectivity index (χ2v) is 4.62. The first-order valence-corrected chi connectivity index (χ1v) is 5.56. The Kier molecular flexibility index (Phi) is 2.65. The molecule has 0 spiro atoms. The third kappa shape index (κ3) is 1.79. The summed E-state index contributed by atoms with van der Waals surface area (Å²) in [6.07, 6.45) is 0. The fourth-order valence-electron chi connectivity index (χ4n) is 2.36. The highest BCUT2D eigenvalue weighted by atomic mass is 16.4. The molecule has 1 aromatic carbocycles. The van der Waals surface area contributed by atoms with Crippen LogP contribution in [-0.2, 0) is 4.79 Å². The number of nitrogens with one attached hydrogen (secondary N) is 1. The second kappa shape index (κ2) is 3.87. The van der Waals surface area contributed by atoms with Crippen LogP contribution in [0.3, 0.4) is 0 Å². The Morgan fingerprint density at radius 2 is 2.00 bits per heavy atom. The number of fused-ring (bicyclic) bond motifs is 1. The predicted octanol–water partition coefficient (Wildman–Crippen LogP) is 2.00. The Labute approximate surface area is 99.6 Å². The Bertz CT molecular complexity index is 508. The van der Waals surface area contributed by atoms with Crippen LogP contribution in [0, 0.1) is 19.8 Å². The van der Waals surface area contributed by atoms with E-state index >= 15 is 0 Å². The van der Waals surface area contributed by atoms with Crippen molar-refractivity contribution in [1.29, 1.82) is 0 Å². The highest BCUT2D eigenvalue weighted by Crippen LogP contribution is 2.31. The van der Waals surface area contributed by atoms with E-state index in [2.05, 4.69) is 5.32 Å². The summed E-state index contributed by atoms with van der Waals surface area (Å²) in [5.41, 5.74) is 3.17. The van der Waals surface area contributed by atoms with Crippen LogP contribution in [0.2, 0.25) is 0 Å². The molecule has 4 nitrogen and oxygen atoms in total. The molecule has 0 aromatic heterocycles. The summed E-state index contributed by atoms with van der Waals surface area (Å²) < 4.78 is 0. The minimum Gasteiger partial charge on any atom is -0.480 e. The lowest BCUT2D eigenvalue weighted by Crippen LogP contribution is -2.43. The number of benzene rings is 1. The molecule has 2 rings (SSSR count). The Balaban J connectivity index is 2.56. The van der Waals surface area contributed by atoms with E-state index in [4.69, 9.17) is 5.11 Å². The lowest BCUT2D eigenvalue weighted by molar-refractivity contribution is -0.138. The summed E-state index contributed by atoms with van der Waals surface area (Å²) in [4.78, 5) is 23.2. The lowest BCUT2D eigenvalue weighted by Gasteiger charge is -2.29. The Hall–Kier alpha value is -1.84. The van der Waals surface area contributed by atoms with Crippen molar-refractivity contribution >= 4 is 17.4 Å². The molecule has 0 unspecified atom stereocenters. The number of aryl methyl sites for hydroxylation is 2. The topological polar surface area (TPSA) is 66.4 Å². The number of aliphatic carboxylic acids is 1. The second-order valence-electron chi connectivity index (χ2n) is 4.62. The fourth-order valence-corrected chi connectivity index (χ4v) is 2.36. The van der Waals surface area contributed by atoms with Gasteiger partial charge in [-0.1, -0.05) is 13.0 Å². The summed E-state index contributed by atoms with van der Waals surface area (Å²) >= 11 is 0. The number of hydrogen-bond acceptors (Lipinski definition) is 3. The number of anilines is 1. The molecule has 1 aliphatic rings. The van der Waals surface area contributed by atoms with Crippen molar-refractivity contribution < 1.29 is 14.7 Å². The van der Waals surface area contributed by atoms with Crippen LogP contribution in [0.15, 0.2) is 12.1 Å². The minimum atomic E-state index is -0.990. The average Bonchev–Trinajstić information content (AvgIpc) is 2.21. The van der Waals surface area contributed by atoms with Crippen molar-refractivity contribution in [3.05, 3.63) is 28.8 Å². The summed E-state index contributed by atoms with van der Waals surface area (Å²) in [5.74, 6) is -1.62. The zero-order chi connectivity index (χ0) is 12.7. The van der Waals surface area contributed by atoms with E-state index < -0.39 is 17.9 Å². The third-order valence-corrected chi connectivity index (χ3v) is 3.22. The molecule has 1 aliphatic heterocycles. The van der Waals surface area contributed by atoms with Gasteiger partial charge in [-0.2, -0.15) is 0 Å².